The van der Waals surface area contributed by atoms with Crippen LogP contribution >= 0.6 is 0 Å². The van der Waals surface area contributed by atoms with Crippen LogP contribution < -0.4 is 0 Å². The van der Waals surface area contributed by atoms with Crippen molar-refractivity contribution in [1.29, 1.82) is 0 Å². The van der Waals surface area contributed by atoms with Crippen LogP contribution in [0.25, 0.3) is 0 Å². The second-order valence-electron chi connectivity index (χ2n) is 5.04. The number of alkyl halides is 3. The Bertz CT molecular complexity index is 651. The first-order chi connectivity index (χ1) is 10.1. The van der Waals surface area contributed by atoms with Crippen LogP contribution in [0.15, 0.2) is 29.2 Å². The van der Waals surface area contributed by atoms with Crippen LogP contribution in [0.3, 0.4) is 0 Å². The van der Waals surface area contributed by atoms with Crippen LogP contribution in [0.2, 0.25) is 0 Å². The minimum Gasteiger partial charge on any atom is -0.481 e. The summed E-state index contributed by atoms with van der Waals surface area (Å²) in [6.07, 6.45) is -4.67. The van der Waals surface area contributed by atoms with E-state index in [0.717, 1.165) is 12.1 Å². The maximum Gasteiger partial charge on any atom is 0.416 e. The molecule has 2 unspecified atom stereocenters. The van der Waals surface area contributed by atoms with Crippen LogP contribution in [-0.4, -0.2) is 25.6 Å². The number of hydrogen-bond acceptors (Lipinski definition) is 4. The summed E-state index contributed by atoms with van der Waals surface area (Å²) < 4.78 is 66.1. The number of benzene rings is 1. The molecule has 2 rings (SSSR count). The fraction of sp³-hybridized carbons (Fsp3) is 0.462. The zero-order valence-electron chi connectivity index (χ0n) is 11.2. The third-order valence-electron chi connectivity index (χ3n) is 3.47. The van der Waals surface area contributed by atoms with E-state index < -0.39 is 39.8 Å². The van der Waals surface area contributed by atoms with E-state index in [-0.39, 0.29) is 17.7 Å². The second-order valence-corrected chi connectivity index (χ2v) is 6.61. The number of rotatable bonds is 4. The molecular weight excluding hydrogens is 325 g/mol. The van der Waals surface area contributed by atoms with Crippen LogP contribution in [0, 0.1) is 5.92 Å². The molecule has 0 aromatic heterocycles. The van der Waals surface area contributed by atoms with Crippen LogP contribution in [-0.2, 0) is 25.3 Å². The van der Waals surface area contributed by atoms with Gasteiger partial charge in [-0.1, -0.05) is 0 Å². The van der Waals surface area contributed by atoms with Gasteiger partial charge in [-0.3, -0.25) is 8.98 Å². The molecule has 22 heavy (non-hydrogen) atoms. The summed E-state index contributed by atoms with van der Waals surface area (Å²) in [6, 6.07) is 2.96. The maximum absolute atomic E-state index is 12.4. The van der Waals surface area contributed by atoms with Crippen molar-refractivity contribution in [3.8, 4) is 0 Å². The molecule has 0 amide bonds. The molecule has 0 saturated heterocycles. The Morgan fingerprint density at radius 3 is 2.23 bits per heavy atom. The average molecular weight is 338 g/mol. The molecule has 1 fully saturated rings. The monoisotopic (exact) mass is 338 g/mol. The molecule has 1 aromatic rings. The van der Waals surface area contributed by atoms with Gasteiger partial charge < -0.3 is 5.11 Å². The highest BCUT2D eigenvalue weighted by Gasteiger charge is 2.34. The van der Waals surface area contributed by atoms with E-state index >= 15 is 0 Å². The zero-order valence-corrected chi connectivity index (χ0v) is 12.0. The van der Waals surface area contributed by atoms with E-state index in [2.05, 4.69) is 0 Å². The summed E-state index contributed by atoms with van der Waals surface area (Å²) in [4.78, 5) is 10.4. The maximum atomic E-state index is 12.4. The molecule has 0 aliphatic heterocycles. The highest BCUT2D eigenvalue weighted by Crippen LogP contribution is 2.32. The Morgan fingerprint density at radius 1 is 1.18 bits per heavy atom. The Morgan fingerprint density at radius 2 is 1.77 bits per heavy atom. The largest absolute Gasteiger partial charge is 0.481 e. The molecule has 1 N–H and O–H groups in total. The molecular formula is C13H13F3O5S. The van der Waals surface area contributed by atoms with Crippen molar-refractivity contribution in [3.63, 3.8) is 0 Å². The summed E-state index contributed by atoms with van der Waals surface area (Å²) >= 11 is 0. The molecule has 1 aliphatic carbocycles. The number of carbonyl (C=O) groups is 1. The highest BCUT2D eigenvalue weighted by molar-refractivity contribution is 7.86. The molecule has 0 spiro atoms. The number of halogens is 3. The van der Waals surface area contributed by atoms with E-state index in [4.69, 9.17) is 9.29 Å². The molecule has 9 heteroatoms. The number of aliphatic carboxylic acids is 1. The van der Waals surface area contributed by atoms with Gasteiger partial charge in [-0.2, -0.15) is 21.6 Å². The van der Waals surface area contributed by atoms with Crippen LogP contribution in [0.5, 0.6) is 0 Å². The van der Waals surface area contributed by atoms with Crippen molar-refractivity contribution in [1.82, 2.24) is 0 Å². The van der Waals surface area contributed by atoms with Crippen molar-refractivity contribution < 1.29 is 35.7 Å². The van der Waals surface area contributed by atoms with E-state index in [1.165, 1.54) is 0 Å². The smallest absolute Gasteiger partial charge is 0.416 e. The van der Waals surface area contributed by atoms with Crippen molar-refractivity contribution in [2.24, 2.45) is 5.92 Å². The van der Waals surface area contributed by atoms with E-state index in [0.29, 0.717) is 18.6 Å². The Kier molecular flexibility index (Phi) is 4.48. The van der Waals surface area contributed by atoms with Gasteiger partial charge in [-0.25, -0.2) is 0 Å². The molecule has 5 nitrogen and oxygen atoms in total. The lowest BCUT2D eigenvalue weighted by molar-refractivity contribution is -0.141. The van der Waals surface area contributed by atoms with Gasteiger partial charge in [0.2, 0.25) is 0 Å². The standard InChI is InChI=1S/C13H13F3O5S/c14-13(15,16)9-2-5-11(6-3-9)22(19,20)21-10-4-1-8(7-10)12(17)18/h2-3,5-6,8,10H,1,4,7H2,(H,17,18). The molecule has 0 heterocycles. The first-order valence-corrected chi connectivity index (χ1v) is 7.84. The van der Waals surface area contributed by atoms with Gasteiger partial charge >= 0.3 is 12.1 Å². The second kappa shape index (κ2) is 5.88. The number of carboxylic acids is 1. The zero-order chi connectivity index (χ0) is 16.5. The Labute approximate surface area is 124 Å². The molecule has 1 aliphatic rings. The van der Waals surface area contributed by atoms with Gasteiger partial charge in [0.15, 0.2) is 0 Å². The van der Waals surface area contributed by atoms with Crippen LogP contribution in [0.1, 0.15) is 24.8 Å². The average Bonchev–Trinajstić information content (AvgIpc) is 2.86. The van der Waals surface area contributed by atoms with Gasteiger partial charge in [0, 0.05) is 0 Å². The van der Waals surface area contributed by atoms with Crippen molar-refractivity contribution >= 4 is 16.1 Å². The minimum absolute atomic E-state index is 0.0647. The Balaban J connectivity index is 2.09. The third-order valence-corrected chi connectivity index (χ3v) is 4.84. The first kappa shape index (κ1) is 16.8. The van der Waals surface area contributed by atoms with Crippen molar-refractivity contribution in [3.05, 3.63) is 29.8 Å². The predicted octanol–water partition coefficient (Wildman–Crippen LogP) is 2.66. The minimum atomic E-state index is -4.55. The summed E-state index contributed by atoms with van der Waals surface area (Å²) in [5.74, 6) is -1.68. The van der Waals surface area contributed by atoms with Gasteiger partial charge in [0.1, 0.15) is 0 Å². The topological polar surface area (TPSA) is 80.7 Å². The summed E-state index contributed by atoms with van der Waals surface area (Å²) in [5, 5.41) is 8.84. The molecule has 122 valence electrons. The lowest BCUT2D eigenvalue weighted by Gasteiger charge is -2.12. The quantitative estimate of drug-likeness (QED) is 0.854. The van der Waals surface area contributed by atoms with Gasteiger partial charge in [0.25, 0.3) is 10.1 Å². The predicted molar refractivity (Wildman–Crippen MR) is 68.5 cm³/mol. The van der Waals surface area contributed by atoms with E-state index in [1.807, 2.05) is 0 Å². The fourth-order valence-electron chi connectivity index (χ4n) is 2.30. The highest BCUT2D eigenvalue weighted by atomic mass is 32.2. The normalized spacial score (nSPS) is 22.7. The number of hydrogen-bond donors (Lipinski definition) is 1. The SMILES string of the molecule is O=C(O)C1CCC(OS(=O)(=O)c2ccc(C(F)(F)F)cc2)C1. The lowest BCUT2D eigenvalue weighted by Crippen LogP contribution is -2.18. The fourth-order valence-corrected chi connectivity index (χ4v) is 3.41. The third kappa shape index (κ3) is 3.77. The van der Waals surface area contributed by atoms with Crippen LogP contribution in [0.4, 0.5) is 13.2 Å². The van der Waals surface area contributed by atoms with E-state index in [1.54, 1.807) is 0 Å². The first-order valence-electron chi connectivity index (χ1n) is 6.43. The number of carboxylic acid groups (broad SMARTS) is 1. The summed E-state index contributed by atoms with van der Waals surface area (Å²) in [7, 11) is -4.22. The van der Waals surface area contributed by atoms with E-state index in [9.17, 15) is 26.4 Å². The summed E-state index contributed by atoms with van der Waals surface area (Å²) in [6.45, 7) is 0. The van der Waals surface area contributed by atoms with Gasteiger partial charge in [-0.15, -0.1) is 0 Å². The van der Waals surface area contributed by atoms with Crippen molar-refractivity contribution in [2.75, 3.05) is 0 Å². The molecule has 1 saturated carbocycles. The lowest BCUT2D eigenvalue weighted by atomic mass is 10.1. The molecule has 1 aromatic carbocycles. The molecule has 0 radical (unpaired) electrons. The summed E-state index contributed by atoms with van der Waals surface area (Å²) in [5.41, 5.74) is -0.960. The molecule has 2 atom stereocenters. The van der Waals surface area contributed by atoms with Crippen molar-refractivity contribution in [2.45, 2.75) is 36.4 Å². The van der Waals surface area contributed by atoms with Gasteiger partial charge in [0.05, 0.1) is 22.5 Å². The van der Waals surface area contributed by atoms with Gasteiger partial charge in [-0.05, 0) is 43.5 Å². The Hall–Kier alpha value is -1.61. The molecule has 0 bridgehead atoms.